The van der Waals surface area contributed by atoms with E-state index in [4.69, 9.17) is 15.2 Å². The normalized spacial score (nSPS) is 15.8. The Morgan fingerprint density at radius 1 is 1.53 bits per heavy atom. The van der Waals surface area contributed by atoms with E-state index < -0.39 is 5.97 Å². The number of nitrogens with zero attached hydrogens (tertiary/aromatic N) is 1. The van der Waals surface area contributed by atoms with Crippen LogP contribution in [-0.4, -0.2) is 35.5 Å². The summed E-state index contributed by atoms with van der Waals surface area (Å²) in [6.07, 6.45) is -0.157. The summed E-state index contributed by atoms with van der Waals surface area (Å²) < 4.78 is 10.1. The molecule has 3 N–H and O–H groups in total. The van der Waals surface area contributed by atoms with Gasteiger partial charge >= 0.3 is 5.97 Å². The summed E-state index contributed by atoms with van der Waals surface area (Å²) in [5.41, 5.74) is 7.28. The van der Waals surface area contributed by atoms with Gasteiger partial charge < -0.3 is 15.2 Å². The van der Waals surface area contributed by atoms with Crippen LogP contribution in [-0.2, 0) is 9.47 Å². The van der Waals surface area contributed by atoms with Crippen LogP contribution in [0.3, 0.4) is 0 Å². The minimum absolute atomic E-state index is 0.157. The second kappa shape index (κ2) is 3.74. The van der Waals surface area contributed by atoms with E-state index in [1.807, 2.05) is 0 Å². The Morgan fingerprint density at radius 2 is 2.35 bits per heavy atom. The second-order valence-electron chi connectivity index (χ2n) is 3.94. The quantitative estimate of drug-likeness (QED) is 0.588. The molecule has 0 atom stereocenters. The van der Waals surface area contributed by atoms with Crippen molar-refractivity contribution in [3.63, 3.8) is 0 Å². The number of esters is 1. The van der Waals surface area contributed by atoms with E-state index in [9.17, 15) is 4.79 Å². The van der Waals surface area contributed by atoms with E-state index in [0.29, 0.717) is 24.3 Å². The van der Waals surface area contributed by atoms with E-state index in [-0.39, 0.29) is 11.8 Å². The Labute approximate surface area is 96.7 Å². The molecule has 6 heteroatoms. The number of fused-ring (bicyclic) bond motifs is 1. The minimum atomic E-state index is -0.449. The topological polar surface area (TPSA) is 90.2 Å². The lowest BCUT2D eigenvalue weighted by atomic mass is 10.2. The van der Waals surface area contributed by atoms with E-state index in [2.05, 4.69) is 10.2 Å². The van der Waals surface area contributed by atoms with Crippen LogP contribution in [0.5, 0.6) is 0 Å². The molecule has 1 aliphatic rings. The molecule has 3 rings (SSSR count). The van der Waals surface area contributed by atoms with Gasteiger partial charge in [0.05, 0.1) is 18.7 Å². The number of benzene rings is 1. The lowest BCUT2D eigenvalue weighted by Gasteiger charge is -2.25. The van der Waals surface area contributed by atoms with Crippen LogP contribution in [0, 0.1) is 0 Å². The van der Waals surface area contributed by atoms with Gasteiger partial charge in [-0.15, -0.1) is 0 Å². The number of nitrogens with two attached hydrogens (primary N) is 1. The number of aromatic nitrogens is 2. The Bertz CT molecular complexity index is 574. The standard InChI is InChI=1S/C11H11N3O3/c12-6-1-2-9-8(3-6)10(14-13-9)11(15)17-7-4-16-5-7/h1-3,7H,4-5,12H2,(H,13,14). The third-order valence-electron chi connectivity index (χ3n) is 2.66. The van der Waals surface area contributed by atoms with Crippen molar-refractivity contribution in [2.24, 2.45) is 0 Å². The van der Waals surface area contributed by atoms with Gasteiger partial charge in [-0.05, 0) is 18.2 Å². The van der Waals surface area contributed by atoms with E-state index >= 15 is 0 Å². The highest BCUT2D eigenvalue weighted by atomic mass is 16.6. The second-order valence-corrected chi connectivity index (χ2v) is 3.94. The average Bonchev–Trinajstić information content (AvgIpc) is 2.66. The first-order valence-corrected chi connectivity index (χ1v) is 5.26. The Kier molecular flexibility index (Phi) is 2.22. The summed E-state index contributed by atoms with van der Waals surface area (Å²) in [7, 11) is 0. The SMILES string of the molecule is Nc1ccc2[nH]nc(C(=O)OC3COC3)c2c1. The molecule has 0 unspecified atom stereocenters. The molecule has 88 valence electrons. The summed E-state index contributed by atoms with van der Waals surface area (Å²) in [6.45, 7) is 0.909. The summed E-state index contributed by atoms with van der Waals surface area (Å²) >= 11 is 0. The fourth-order valence-corrected chi connectivity index (χ4v) is 1.68. The molecule has 17 heavy (non-hydrogen) atoms. The summed E-state index contributed by atoms with van der Waals surface area (Å²) in [6, 6.07) is 5.23. The fraction of sp³-hybridized carbons (Fsp3) is 0.273. The number of carbonyl (C=O) groups excluding carboxylic acids is 1. The molecule has 0 spiro atoms. The van der Waals surface area contributed by atoms with Crippen molar-refractivity contribution in [1.29, 1.82) is 0 Å². The van der Waals surface area contributed by atoms with Gasteiger partial charge in [-0.1, -0.05) is 0 Å². The number of anilines is 1. The number of ether oxygens (including phenoxy) is 2. The molecular weight excluding hydrogens is 222 g/mol. The van der Waals surface area contributed by atoms with Gasteiger partial charge in [0.25, 0.3) is 0 Å². The third-order valence-corrected chi connectivity index (χ3v) is 2.66. The van der Waals surface area contributed by atoms with Gasteiger partial charge in [0.1, 0.15) is 6.10 Å². The van der Waals surface area contributed by atoms with Crippen molar-refractivity contribution in [1.82, 2.24) is 10.2 Å². The number of nitrogens with one attached hydrogen (secondary N) is 1. The Morgan fingerprint density at radius 3 is 3.06 bits per heavy atom. The number of rotatable bonds is 2. The molecule has 1 fully saturated rings. The first-order valence-electron chi connectivity index (χ1n) is 5.26. The average molecular weight is 233 g/mol. The molecule has 6 nitrogen and oxygen atoms in total. The lowest BCUT2D eigenvalue weighted by Crippen LogP contribution is -2.37. The number of H-pyrrole nitrogens is 1. The predicted molar refractivity (Wildman–Crippen MR) is 60.5 cm³/mol. The molecule has 1 saturated heterocycles. The van der Waals surface area contributed by atoms with Crippen LogP contribution in [0.15, 0.2) is 18.2 Å². The van der Waals surface area contributed by atoms with Crippen molar-refractivity contribution < 1.29 is 14.3 Å². The molecule has 1 aliphatic heterocycles. The summed E-state index contributed by atoms with van der Waals surface area (Å²) in [5, 5.41) is 7.40. The van der Waals surface area contributed by atoms with Crippen LogP contribution in [0.4, 0.5) is 5.69 Å². The highest BCUT2D eigenvalue weighted by Crippen LogP contribution is 2.20. The molecule has 2 aromatic rings. The van der Waals surface area contributed by atoms with Gasteiger partial charge in [0, 0.05) is 11.1 Å². The Balaban J connectivity index is 1.93. The fourth-order valence-electron chi connectivity index (χ4n) is 1.68. The molecule has 0 radical (unpaired) electrons. The molecule has 0 bridgehead atoms. The number of nitrogen functional groups attached to an aromatic ring is 1. The van der Waals surface area contributed by atoms with Crippen molar-refractivity contribution >= 4 is 22.6 Å². The van der Waals surface area contributed by atoms with Gasteiger partial charge in [-0.3, -0.25) is 5.10 Å². The van der Waals surface area contributed by atoms with Crippen molar-refractivity contribution in [3.8, 4) is 0 Å². The number of carbonyl (C=O) groups is 1. The van der Waals surface area contributed by atoms with E-state index in [1.165, 1.54) is 0 Å². The predicted octanol–water partition coefficient (Wildman–Crippen LogP) is 0.701. The van der Waals surface area contributed by atoms with Crippen LogP contribution in [0.1, 0.15) is 10.5 Å². The zero-order chi connectivity index (χ0) is 11.8. The molecule has 1 aromatic carbocycles. The summed E-state index contributed by atoms with van der Waals surface area (Å²) in [5.74, 6) is -0.449. The highest BCUT2D eigenvalue weighted by Gasteiger charge is 2.25. The first-order chi connectivity index (χ1) is 8.24. The molecular formula is C11H11N3O3. The molecule has 0 aliphatic carbocycles. The minimum Gasteiger partial charge on any atom is -0.453 e. The largest absolute Gasteiger partial charge is 0.453 e. The van der Waals surface area contributed by atoms with Gasteiger partial charge in [0.2, 0.25) is 0 Å². The molecule has 0 saturated carbocycles. The number of hydrogen-bond acceptors (Lipinski definition) is 5. The van der Waals surface area contributed by atoms with E-state index in [0.717, 1.165) is 5.52 Å². The smallest absolute Gasteiger partial charge is 0.359 e. The monoisotopic (exact) mass is 233 g/mol. The van der Waals surface area contributed by atoms with Gasteiger partial charge in [0.15, 0.2) is 5.69 Å². The highest BCUT2D eigenvalue weighted by molar-refractivity contribution is 6.02. The Hall–Kier alpha value is -2.08. The maximum atomic E-state index is 11.8. The van der Waals surface area contributed by atoms with Crippen LogP contribution >= 0.6 is 0 Å². The van der Waals surface area contributed by atoms with Gasteiger partial charge in [-0.2, -0.15) is 5.10 Å². The number of aromatic amines is 1. The van der Waals surface area contributed by atoms with E-state index in [1.54, 1.807) is 18.2 Å². The van der Waals surface area contributed by atoms with Gasteiger partial charge in [-0.25, -0.2) is 4.79 Å². The van der Waals surface area contributed by atoms with Crippen LogP contribution < -0.4 is 5.73 Å². The van der Waals surface area contributed by atoms with Crippen LogP contribution in [0.2, 0.25) is 0 Å². The summed E-state index contributed by atoms with van der Waals surface area (Å²) in [4.78, 5) is 11.8. The maximum Gasteiger partial charge on any atom is 0.359 e. The van der Waals surface area contributed by atoms with Crippen LogP contribution in [0.25, 0.3) is 10.9 Å². The van der Waals surface area contributed by atoms with Crippen molar-refractivity contribution in [2.75, 3.05) is 18.9 Å². The maximum absolute atomic E-state index is 11.8. The zero-order valence-corrected chi connectivity index (χ0v) is 8.97. The molecule has 0 amide bonds. The molecule has 2 heterocycles. The van der Waals surface area contributed by atoms with Crippen molar-refractivity contribution in [2.45, 2.75) is 6.10 Å². The lowest BCUT2D eigenvalue weighted by molar-refractivity contribution is -0.103. The van der Waals surface area contributed by atoms with Crippen molar-refractivity contribution in [3.05, 3.63) is 23.9 Å². The zero-order valence-electron chi connectivity index (χ0n) is 8.97. The third kappa shape index (κ3) is 1.72. The first kappa shape index (κ1) is 10.1. The molecule has 1 aromatic heterocycles. The number of hydrogen-bond donors (Lipinski definition) is 2.